The zero-order chi connectivity index (χ0) is 15.7. The van der Waals surface area contributed by atoms with Crippen molar-refractivity contribution in [2.45, 2.75) is 70.9 Å². The first-order valence-corrected chi connectivity index (χ1v) is 7.81. The molecule has 0 aromatic heterocycles. The summed E-state index contributed by atoms with van der Waals surface area (Å²) in [6.45, 7) is 6.05. The molecule has 1 saturated carbocycles. The van der Waals surface area contributed by atoms with Gasteiger partial charge in [-0.05, 0) is 39.0 Å². The Kier molecular flexibility index (Phi) is 4.38. The fraction of sp³-hybridized carbons (Fsp3) is 0.812. The lowest BCUT2D eigenvalue weighted by Gasteiger charge is -2.24. The molecular formula is C16H25N3O2. The van der Waals surface area contributed by atoms with E-state index in [0.29, 0.717) is 19.0 Å². The summed E-state index contributed by atoms with van der Waals surface area (Å²) in [6, 6.07) is 2.85. The van der Waals surface area contributed by atoms with Crippen molar-refractivity contribution in [2.24, 2.45) is 5.41 Å². The first-order chi connectivity index (χ1) is 9.77. The first kappa shape index (κ1) is 16.0. The van der Waals surface area contributed by atoms with Gasteiger partial charge >= 0.3 is 0 Å². The van der Waals surface area contributed by atoms with Crippen molar-refractivity contribution in [3.63, 3.8) is 0 Å². The normalized spacial score (nSPS) is 24.0. The maximum absolute atomic E-state index is 12.1. The van der Waals surface area contributed by atoms with Crippen LogP contribution in [-0.4, -0.2) is 34.8 Å². The van der Waals surface area contributed by atoms with Gasteiger partial charge in [0.05, 0.1) is 11.5 Å². The van der Waals surface area contributed by atoms with Crippen LogP contribution in [0.15, 0.2) is 0 Å². The number of carbonyl (C=O) groups is 2. The zero-order valence-corrected chi connectivity index (χ0v) is 13.2. The average molecular weight is 291 g/mol. The largest absolute Gasteiger partial charge is 0.297 e. The molecule has 1 aliphatic heterocycles. The van der Waals surface area contributed by atoms with E-state index in [0.717, 1.165) is 32.1 Å². The number of rotatable bonds is 7. The van der Waals surface area contributed by atoms with E-state index in [2.05, 4.69) is 11.4 Å². The Morgan fingerprint density at radius 1 is 1.38 bits per heavy atom. The van der Waals surface area contributed by atoms with E-state index in [4.69, 9.17) is 0 Å². The third-order valence-corrected chi connectivity index (χ3v) is 4.37. The second-order valence-electron chi connectivity index (χ2n) is 7.23. The monoisotopic (exact) mass is 291 g/mol. The van der Waals surface area contributed by atoms with Gasteiger partial charge in [-0.2, -0.15) is 5.26 Å². The Bertz CT molecular complexity index is 476. The standard InChI is InChI=1S/C16H25N3O2/c1-15(2)10-13(20)19(14(15)21)9-5-4-8-16(3,11-17)18-12-6-7-12/h12,18H,4-10H2,1-3H3. The molecule has 2 fully saturated rings. The van der Waals surface area contributed by atoms with Crippen LogP contribution in [0, 0.1) is 16.7 Å². The Morgan fingerprint density at radius 3 is 2.52 bits per heavy atom. The number of likely N-dealkylation sites (tertiary alicyclic amines) is 1. The van der Waals surface area contributed by atoms with Gasteiger partial charge in [-0.25, -0.2) is 0 Å². The predicted octanol–water partition coefficient (Wildman–Crippen LogP) is 1.98. The van der Waals surface area contributed by atoms with Crippen LogP contribution in [0.5, 0.6) is 0 Å². The lowest BCUT2D eigenvalue weighted by Crippen LogP contribution is -2.42. The number of nitriles is 1. The highest BCUT2D eigenvalue weighted by Gasteiger charge is 2.44. The van der Waals surface area contributed by atoms with Crippen molar-refractivity contribution in [1.29, 1.82) is 5.26 Å². The quantitative estimate of drug-likeness (QED) is 0.575. The van der Waals surface area contributed by atoms with E-state index in [1.807, 2.05) is 20.8 Å². The van der Waals surface area contributed by atoms with Gasteiger partial charge in [-0.1, -0.05) is 13.8 Å². The molecule has 0 aromatic rings. The maximum atomic E-state index is 12.1. The molecule has 0 bridgehead atoms. The maximum Gasteiger partial charge on any atom is 0.235 e. The highest BCUT2D eigenvalue weighted by atomic mass is 16.2. The van der Waals surface area contributed by atoms with Gasteiger partial charge in [0.2, 0.25) is 11.8 Å². The third kappa shape index (κ3) is 3.82. The number of hydrogen-bond acceptors (Lipinski definition) is 4. The van der Waals surface area contributed by atoms with Gasteiger partial charge in [-0.3, -0.25) is 19.8 Å². The highest BCUT2D eigenvalue weighted by Crippen LogP contribution is 2.32. The van der Waals surface area contributed by atoms with Crippen molar-refractivity contribution in [3.05, 3.63) is 0 Å². The SMILES string of the molecule is CC(C#N)(CCCCN1C(=O)CC(C)(C)C1=O)NC1CC1. The molecule has 1 saturated heterocycles. The molecule has 0 radical (unpaired) electrons. The number of nitrogens with zero attached hydrogens (tertiary/aromatic N) is 2. The van der Waals surface area contributed by atoms with Crippen LogP contribution in [-0.2, 0) is 9.59 Å². The van der Waals surface area contributed by atoms with Crippen LogP contribution >= 0.6 is 0 Å². The topological polar surface area (TPSA) is 73.2 Å². The van der Waals surface area contributed by atoms with E-state index < -0.39 is 11.0 Å². The molecule has 0 aromatic carbocycles. The number of imide groups is 1. The summed E-state index contributed by atoms with van der Waals surface area (Å²) in [6.07, 6.45) is 4.97. The fourth-order valence-corrected chi connectivity index (χ4v) is 2.84. The van der Waals surface area contributed by atoms with Gasteiger partial charge in [0.15, 0.2) is 0 Å². The Hall–Kier alpha value is -1.41. The summed E-state index contributed by atoms with van der Waals surface area (Å²) in [5.41, 5.74) is -1.04. The van der Waals surface area contributed by atoms with Crippen molar-refractivity contribution < 1.29 is 9.59 Å². The number of carbonyl (C=O) groups excluding carboxylic acids is 2. The van der Waals surface area contributed by atoms with Gasteiger partial charge < -0.3 is 0 Å². The van der Waals surface area contributed by atoms with Crippen molar-refractivity contribution in [1.82, 2.24) is 10.2 Å². The number of unbranched alkanes of at least 4 members (excludes halogenated alkanes) is 1. The van der Waals surface area contributed by atoms with Crippen molar-refractivity contribution >= 4 is 11.8 Å². The Labute approximate surface area is 126 Å². The van der Waals surface area contributed by atoms with Crippen molar-refractivity contribution in [2.75, 3.05) is 6.54 Å². The summed E-state index contributed by atoms with van der Waals surface area (Å²) in [7, 11) is 0. The molecule has 2 rings (SSSR count). The van der Waals surface area contributed by atoms with E-state index in [9.17, 15) is 14.9 Å². The highest BCUT2D eigenvalue weighted by molar-refractivity contribution is 6.05. The van der Waals surface area contributed by atoms with Crippen LogP contribution in [0.25, 0.3) is 0 Å². The molecule has 1 aliphatic carbocycles. The van der Waals surface area contributed by atoms with Crippen LogP contribution < -0.4 is 5.32 Å². The molecular weight excluding hydrogens is 266 g/mol. The van der Waals surface area contributed by atoms with Crippen LogP contribution in [0.1, 0.15) is 59.3 Å². The molecule has 5 nitrogen and oxygen atoms in total. The van der Waals surface area contributed by atoms with E-state index >= 15 is 0 Å². The number of amides is 2. The fourth-order valence-electron chi connectivity index (χ4n) is 2.84. The molecule has 21 heavy (non-hydrogen) atoms. The van der Waals surface area contributed by atoms with Gasteiger partial charge in [0, 0.05) is 19.0 Å². The predicted molar refractivity (Wildman–Crippen MR) is 79.1 cm³/mol. The van der Waals surface area contributed by atoms with Crippen molar-refractivity contribution in [3.8, 4) is 6.07 Å². The molecule has 1 N–H and O–H groups in total. The zero-order valence-electron chi connectivity index (χ0n) is 13.2. The van der Waals surface area contributed by atoms with Crippen LogP contribution in [0.2, 0.25) is 0 Å². The van der Waals surface area contributed by atoms with Gasteiger partial charge in [0.25, 0.3) is 0 Å². The molecule has 1 heterocycles. The number of hydrogen-bond donors (Lipinski definition) is 1. The van der Waals surface area contributed by atoms with E-state index in [1.165, 1.54) is 4.90 Å². The summed E-state index contributed by atoms with van der Waals surface area (Å²) in [4.78, 5) is 25.3. The second-order valence-corrected chi connectivity index (χ2v) is 7.23. The Morgan fingerprint density at radius 2 is 2.05 bits per heavy atom. The van der Waals surface area contributed by atoms with Gasteiger partial charge in [-0.15, -0.1) is 0 Å². The summed E-state index contributed by atoms with van der Waals surface area (Å²) < 4.78 is 0. The molecule has 2 amide bonds. The molecule has 0 spiro atoms. The minimum atomic E-state index is -0.550. The molecule has 116 valence electrons. The number of nitrogens with one attached hydrogen (secondary N) is 1. The molecule has 1 atom stereocenters. The lowest BCUT2D eigenvalue weighted by atomic mass is 9.92. The Balaban J connectivity index is 1.75. The summed E-state index contributed by atoms with van der Waals surface area (Å²) in [5.74, 6) is -0.129. The average Bonchev–Trinajstić information content (AvgIpc) is 3.17. The minimum absolute atomic E-state index is 0.0633. The summed E-state index contributed by atoms with van der Waals surface area (Å²) >= 11 is 0. The van der Waals surface area contributed by atoms with Crippen LogP contribution in [0.3, 0.4) is 0 Å². The molecule has 2 aliphatic rings. The van der Waals surface area contributed by atoms with E-state index in [1.54, 1.807) is 0 Å². The second kappa shape index (κ2) is 5.76. The third-order valence-electron chi connectivity index (χ3n) is 4.37. The first-order valence-electron chi connectivity index (χ1n) is 7.81. The van der Waals surface area contributed by atoms with Crippen LogP contribution in [0.4, 0.5) is 0 Å². The molecule has 5 heteroatoms. The smallest absolute Gasteiger partial charge is 0.235 e. The van der Waals surface area contributed by atoms with Gasteiger partial charge in [0.1, 0.15) is 5.54 Å². The summed E-state index contributed by atoms with van der Waals surface area (Å²) in [5, 5.41) is 12.7. The lowest BCUT2D eigenvalue weighted by molar-refractivity contribution is -0.140. The minimum Gasteiger partial charge on any atom is -0.297 e. The molecule has 1 unspecified atom stereocenters. The van der Waals surface area contributed by atoms with E-state index in [-0.39, 0.29) is 11.8 Å².